The Labute approximate surface area is 200 Å². The monoisotopic (exact) mass is 458 g/mol. The molecule has 0 aliphatic carbocycles. The fraction of sp³-hybridized carbons (Fsp3) is 0.259. The van der Waals surface area contributed by atoms with E-state index in [-0.39, 0.29) is 0 Å². The maximum Gasteiger partial charge on any atom is 0.379 e. The van der Waals surface area contributed by atoms with Crippen molar-refractivity contribution in [2.45, 2.75) is 19.6 Å². The van der Waals surface area contributed by atoms with Crippen molar-refractivity contribution in [3.63, 3.8) is 0 Å². The number of rotatable bonds is 4. The topological polar surface area (TPSA) is 44.9 Å². The first kappa shape index (κ1) is 22.9. The Morgan fingerprint density at radius 3 is 2.06 bits per heavy atom. The van der Waals surface area contributed by atoms with Crippen LogP contribution in [0.3, 0.4) is 0 Å². The quantitative estimate of drug-likeness (QED) is 0.233. The molecule has 0 amide bonds. The minimum atomic E-state index is -1.26. The molecule has 1 aliphatic rings. The minimum absolute atomic E-state index is 0.448. The summed E-state index contributed by atoms with van der Waals surface area (Å²) in [5, 5.41) is 15.1. The summed E-state index contributed by atoms with van der Waals surface area (Å²) in [4.78, 5) is 9.25. The molecule has 0 N–H and O–H groups in total. The van der Waals surface area contributed by atoms with Crippen LogP contribution < -0.4 is 4.90 Å². The molecule has 5 nitrogen and oxygen atoms in total. The number of thioether (sulfide) groups is 1. The standard InChI is InChI=1S/C27H30N4OS/c1-20-11-15-22(16-12-20)25-19-30(24-17-13-21(2)14-18-24)27(31(25)32,23-9-7-6-8-10-23)28-26(33-5)29(3)4/h6-18H,19H2,1-5H3/b28-26+. The second-order valence-corrected chi connectivity index (χ2v) is 9.30. The van der Waals surface area contributed by atoms with Gasteiger partial charge in [0.15, 0.2) is 5.17 Å². The highest BCUT2D eigenvalue weighted by Gasteiger charge is 2.55. The number of aliphatic imine (C=N–C) groups is 1. The molecule has 33 heavy (non-hydrogen) atoms. The molecule has 1 aliphatic heterocycles. The van der Waals surface area contributed by atoms with E-state index in [9.17, 15) is 5.21 Å². The van der Waals surface area contributed by atoms with E-state index in [1.807, 2.05) is 79.8 Å². The summed E-state index contributed by atoms with van der Waals surface area (Å²) in [6, 6.07) is 26.3. The average molecular weight is 459 g/mol. The molecule has 0 radical (unpaired) electrons. The molecule has 1 atom stereocenters. The molecule has 0 bridgehead atoms. The second-order valence-electron chi connectivity index (χ2n) is 8.52. The van der Waals surface area contributed by atoms with E-state index in [2.05, 4.69) is 43.0 Å². The molecule has 0 aromatic heterocycles. The molecule has 3 aromatic rings. The SMILES string of the molecule is CS/C(=N/C1(c2ccccc2)N(c2ccc(C)cc2)CC(c2ccc(C)cc2)=[N+]1[O-])N(C)C. The number of hydrogen-bond donors (Lipinski definition) is 0. The molecule has 0 saturated carbocycles. The van der Waals surface area contributed by atoms with E-state index in [0.29, 0.717) is 12.3 Å². The highest BCUT2D eigenvalue weighted by atomic mass is 32.2. The van der Waals surface area contributed by atoms with E-state index < -0.39 is 5.79 Å². The smallest absolute Gasteiger partial charge is 0.379 e. The van der Waals surface area contributed by atoms with Gasteiger partial charge in [0, 0.05) is 25.3 Å². The van der Waals surface area contributed by atoms with Gasteiger partial charge in [-0.3, -0.25) is 4.90 Å². The summed E-state index contributed by atoms with van der Waals surface area (Å²) in [6.45, 7) is 4.57. The van der Waals surface area contributed by atoms with Crippen molar-refractivity contribution in [1.29, 1.82) is 0 Å². The number of benzene rings is 3. The maximum atomic E-state index is 14.3. The number of aryl methyl sites for hydroxylation is 2. The summed E-state index contributed by atoms with van der Waals surface area (Å²) in [7, 11) is 3.91. The van der Waals surface area contributed by atoms with Crippen molar-refractivity contribution in [2.24, 2.45) is 4.99 Å². The normalized spacial score (nSPS) is 18.7. The molecule has 0 saturated heterocycles. The summed E-state index contributed by atoms with van der Waals surface area (Å²) < 4.78 is 1.10. The van der Waals surface area contributed by atoms with Gasteiger partial charge < -0.3 is 10.1 Å². The molecule has 1 heterocycles. The maximum absolute atomic E-state index is 14.3. The van der Waals surface area contributed by atoms with Gasteiger partial charge in [0.25, 0.3) is 0 Å². The number of nitrogens with zero attached hydrogens (tertiary/aromatic N) is 4. The van der Waals surface area contributed by atoms with E-state index in [4.69, 9.17) is 4.99 Å². The van der Waals surface area contributed by atoms with Gasteiger partial charge in [-0.15, -0.1) is 0 Å². The van der Waals surface area contributed by atoms with Crippen LogP contribution >= 0.6 is 11.8 Å². The van der Waals surface area contributed by atoms with Crippen molar-refractivity contribution in [3.8, 4) is 0 Å². The van der Waals surface area contributed by atoms with Crippen molar-refractivity contribution in [3.05, 3.63) is 106 Å². The number of anilines is 1. The van der Waals surface area contributed by atoms with Crippen LogP contribution in [0, 0.1) is 19.1 Å². The molecule has 6 heteroatoms. The Morgan fingerprint density at radius 1 is 0.939 bits per heavy atom. The van der Waals surface area contributed by atoms with Gasteiger partial charge in [0.1, 0.15) is 6.54 Å². The predicted molar refractivity (Wildman–Crippen MR) is 140 cm³/mol. The van der Waals surface area contributed by atoms with Gasteiger partial charge in [-0.1, -0.05) is 65.4 Å². The van der Waals surface area contributed by atoms with Gasteiger partial charge in [0.05, 0.1) is 5.56 Å². The lowest BCUT2D eigenvalue weighted by Crippen LogP contribution is -2.48. The molecule has 0 spiro atoms. The lowest BCUT2D eigenvalue weighted by molar-refractivity contribution is -0.547. The predicted octanol–water partition coefficient (Wildman–Crippen LogP) is 5.21. The third kappa shape index (κ3) is 4.23. The lowest BCUT2D eigenvalue weighted by Gasteiger charge is -2.34. The zero-order valence-corrected chi connectivity index (χ0v) is 20.6. The Bertz CT molecular complexity index is 1170. The van der Waals surface area contributed by atoms with Crippen LogP contribution in [0.5, 0.6) is 0 Å². The summed E-state index contributed by atoms with van der Waals surface area (Å²) >= 11 is 1.53. The van der Waals surface area contributed by atoms with Crippen LogP contribution in [-0.4, -0.2) is 47.4 Å². The van der Waals surface area contributed by atoms with Crippen LogP contribution in [-0.2, 0) is 5.79 Å². The number of amidine groups is 1. The van der Waals surface area contributed by atoms with Crippen LogP contribution in [0.25, 0.3) is 0 Å². The highest BCUT2D eigenvalue weighted by molar-refractivity contribution is 8.13. The summed E-state index contributed by atoms with van der Waals surface area (Å²) in [6.07, 6.45) is 1.99. The Hall–Kier alpha value is -3.25. The molecule has 4 rings (SSSR count). The van der Waals surface area contributed by atoms with Gasteiger partial charge in [-0.05, 0) is 56.5 Å². The first-order valence-corrected chi connectivity index (χ1v) is 12.2. The van der Waals surface area contributed by atoms with Crippen LogP contribution in [0.1, 0.15) is 22.3 Å². The van der Waals surface area contributed by atoms with Gasteiger partial charge in [-0.25, -0.2) is 0 Å². The fourth-order valence-electron chi connectivity index (χ4n) is 4.14. The first-order valence-electron chi connectivity index (χ1n) is 11.0. The van der Waals surface area contributed by atoms with Crippen LogP contribution in [0.15, 0.2) is 83.9 Å². The van der Waals surface area contributed by atoms with E-state index >= 15 is 0 Å². The Balaban J connectivity index is 2.03. The number of hydroxylamine groups is 1. The highest BCUT2D eigenvalue weighted by Crippen LogP contribution is 2.40. The molecule has 1 unspecified atom stereocenters. The van der Waals surface area contributed by atoms with E-state index in [0.717, 1.165) is 32.3 Å². The average Bonchev–Trinajstić information content (AvgIpc) is 3.12. The molecular formula is C27H30N4OS. The second kappa shape index (κ2) is 9.32. The van der Waals surface area contributed by atoms with Crippen molar-refractivity contribution >= 4 is 28.3 Å². The summed E-state index contributed by atoms with van der Waals surface area (Å²) in [5.74, 6) is -1.26. The molecular weight excluding hydrogens is 428 g/mol. The first-order chi connectivity index (χ1) is 15.9. The van der Waals surface area contributed by atoms with Gasteiger partial charge in [0.2, 0.25) is 5.71 Å². The van der Waals surface area contributed by atoms with Gasteiger partial charge in [-0.2, -0.15) is 9.73 Å². The molecule has 3 aromatic carbocycles. The zero-order valence-electron chi connectivity index (χ0n) is 19.8. The Kier molecular flexibility index (Phi) is 6.47. The lowest BCUT2D eigenvalue weighted by atomic mass is 10.1. The Morgan fingerprint density at radius 2 is 1.52 bits per heavy atom. The van der Waals surface area contributed by atoms with E-state index in [1.54, 1.807) is 0 Å². The van der Waals surface area contributed by atoms with Crippen molar-refractivity contribution in [1.82, 2.24) is 4.90 Å². The van der Waals surface area contributed by atoms with Crippen LogP contribution in [0.4, 0.5) is 5.69 Å². The third-order valence-corrected chi connectivity index (χ3v) is 6.74. The van der Waals surface area contributed by atoms with Crippen LogP contribution in [0.2, 0.25) is 0 Å². The van der Waals surface area contributed by atoms with Gasteiger partial charge >= 0.3 is 5.79 Å². The summed E-state index contributed by atoms with van der Waals surface area (Å²) in [5.41, 5.74) is 5.73. The zero-order chi connectivity index (χ0) is 23.6. The van der Waals surface area contributed by atoms with E-state index in [1.165, 1.54) is 17.3 Å². The molecule has 0 fully saturated rings. The number of hydrogen-bond acceptors (Lipinski definition) is 4. The third-order valence-electron chi connectivity index (χ3n) is 5.92. The van der Waals surface area contributed by atoms with Crippen molar-refractivity contribution < 1.29 is 4.74 Å². The fourth-order valence-corrected chi connectivity index (χ4v) is 4.72. The largest absolute Gasteiger partial charge is 0.620 e. The van der Waals surface area contributed by atoms with Crippen molar-refractivity contribution in [2.75, 3.05) is 31.8 Å². The minimum Gasteiger partial charge on any atom is -0.620 e. The molecule has 170 valence electrons.